The molecular weight excluding hydrogens is 236 g/mol. The molecular formula is C13H14O3S. The van der Waals surface area contributed by atoms with Crippen molar-refractivity contribution < 1.29 is 14.3 Å². The highest BCUT2D eigenvalue weighted by molar-refractivity contribution is 7.80. The van der Waals surface area contributed by atoms with Gasteiger partial charge in [-0.3, -0.25) is 0 Å². The summed E-state index contributed by atoms with van der Waals surface area (Å²) in [6.45, 7) is 0. The van der Waals surface area contributed by atoms with Gasteiger partial charge in [-0.05, 0) is 18.2 Å². The Hall–Kier alpha value is -1.60. The Morgan fingerprint density at radius 2 is 2.18 bits per heavy atom. The highest BCUT2D eigenvalue weighted by atomic mass is 32.1. The Bertz CT molecular complexity index is 457. The fourth-order valence-corrected chi connectivity index (χ4v) is 1.36. The summed E-state index contributed by atoms with van der Waals surface area (Å²) in [7, 11) is 2.88. The Morgan fingerprint density at radius 1 is 1.41 bits per heavy atom. The van der Waals surface area contributed by atoms with E-state index in [0.717, 1.165) is 11.3 Å². The van der Waals surface area contributed by atoms with Gasteiger partial charge in [0.2, 0.25) is 0 Å². The van der Waals surface area contributed by atoms with Gasteiger partial charge in [0.1, 0.15) is 5.75 Å². The minimum Gasteiger partial charge on any atom is -0.495 e. The zero-order chi connectivity index (χ0) is 12.7. The molecule has 0 unspecified atom stereocenters. The van der Waals surface area contributed by atoms with E-state index in [9.17, 15) is 4.79 Å². The molecule has 0 aliphatic heterocycles. The summed E-state index contributed by atoms with van der Waals surface area (Å²) in [4.78, 5) is 11.3. The van der Waals surface area contributed by atoms with E-state index >= 15 is 0 Å². The van der Waals surface area contributed by atoms with E-state index in [-0.39, 0.29) is 0 Å². The summed E-state index contributed by atoms with van der Waals surface area (Å²) in [5.41, 5.74) is 1.20. The van der Waals surface area contributed by atoms with Crippen molar-refractivity contribution in [2.75, 3.05) is 20.0 Å². The zero-order valence-electron chi connectivity index (χ0n) is 9.82. The monoisotopic (exact) mass is 250 g/mol. The number of hydrogen-bond acceptors (Lipinski definition) is 4. The summed E-state index contributed by atoms with van der Waals surface area (Å²) in [5.74, 6) is 6.84. The van der Waals surface area contributed by atoms with E-state index in [1.54, 1.807) is 25.3 Å². The Labute approximate surface area is 107 Å². The third-order valence-corrected chi connectivity index (χ3v) is 2.31. The lowest BCUT2D eigenvalue weighted by atomic mass is 10.1. The molecule has 4 heteroatoms. The first-order chi connectivity index (χ1) is 8.22. The second-order valence-electron chi connectivity index (χ2n) is 3.18. The quantitative estimate of drug-likeness (QED) is 0.507. The molecule has 0 saturated heterocycles. The zero-order valence-corrected chi connectivity index (χ0v) is 10.7. The fraction of sp³-hybridized carbons (Fsp3) is 0.308. The van der Waals surface area contributed by atoms with Crippen LogP contribution in [0.4, 0.5) is 0 Å². The number of hydrogen-bond donors (Lipinski definition) is 1. The lowest BCUT2D eigenvalue weighted by Crippen LogP contribution is -2.02. The number of thiol groups is 1. The first-order valence-electron chi connectivity index (χ1n) is 5.09. The number of benzene rings is 1. The van der Waals surface area contributed by atoms with Crippen molar-refractivity contribution in [3.63, 3.8) is 0 Å². The van der Waals surface area contributed by atoms with Crippen LogP contribution in [-0.2, 0) is 4.74 Å². The van der Waals surface area contributed by atoms with Crippen molar-refractivity contribution >= 4 is 18.6 Å². The predicted octanol–water partition coefficient (Wildman–Crippen LogP) is 2.15. The molecule has 0 heterocycles. The van der Waals surface area contributed by atoms with Crippen LogP contribution >= 0.6 is 12.6 Å². The molecule has 0 aliphatic rings. The molecule has 90 valence electrons. The van der Waals surface area contributed by atoms with Crippen molar-refractivity contribution in [1.82, 2.24) is 0 Å². The van der Waals surface area contributed by atoms with Gasteiger partial charge in [-0.15, -0.1) is 0 Å². The van der Waals surface area contributed by atoms with Crippen LogP contribution in [0.2, 0.25) is 0 Å². The fourth-order valence-electron chi connectivity index (χ4n) is 1.25. The number of ether oxygens (including phenoxy) is 2. The lowest BCUT2D eigenvalue weighted by Gasteiger charge is -2.05. The molecule has 0 N–H and O–H groups in total. The van der Waals surface area contributed by atoms with Gasteiger partial charge in [-0.1, -0.05) is 11.8 Å². The third-order valence-electron chi connectivity index (χ3n) is 2.08. The summed E-state index contributed by atoms with van der Waals surface area (Å²) in [5, 5.41) is 0. The molecule has 0 radical (unpaired) electrons. The van der Waals surface area contributed by atoms with Gasteiger partial charge < -0.3 is 9.47 Å². The first kappa shape index (κ1) is 13.5. The average molecular weight is 250 g/mol. The van der Waals surface area contributed by atoms with E-state index < -0.39 is 5.97 Å². The first-order valence-corrected chi connectivity index (χ1v) is 5.72. The van der Waals surface area contributed by atoms with Crippen LogP contribution in [0.1, 0.15) is 22.3 Å². The van der Waals surface area contributed by atoms with Gasteiger partial charge in [0, 0.05) is 12.2 Å². The molecule has 0 aromatic heterocycles. The number of methoxy groups -OCH3 is 2. The van der Waals surface area contributed by atoms with E-state index in [0.29, 0.717) is 17.7 Å². The van der Waals surface area contributed by atoms with Crippen LogP contribution in [0.3, 0.4) is 0 Å². The van der Waals surface area contributed by atoms with Gasteiger partial charge in [0.15, 0.2) is 0 Å². The Balaban J connectivity index is 3.02. The van der Waals surface area contributed by atoms with Crippen molar-refractivity contribution in [1.29, 1.82) is 0 Å². The van der Waals surface area contributed by atoms with E-state index in [4.69, 9.17) is 4.74 Å². The number of carbonyl (C=O) groups excluding carboxylic acids is 1. The average Bonchev–Trinajstić information content (AvgIpc) is 2.38. The summed E-state index contributed by atoms with van der Waals surface area (Å²) < 4.78 is 9.82. The van der Waals surface area contributed by atoms with Crippen molar-refractivity contribution in [2.45, 2.75) is 6.42 Å². The van der Waals surface area contributed by atoms with Crippen LogP contribution in [0.5, 0.6) is 5.75 Å². The predicted molar refractivity (Wildman–Crippen MR) is 69.7 cm³/mol. The van der Waals surface area contributed by atoms with Crippen LogP contribution in [0.15, 0.2) is 18.2 Å². The minimum atomic E-state index is -0.391. The normalized spacial score (nSPS) is 9.12. The van der Waals surface area contributed by atoms with Gasteiger partial charge in [-0.25, -0.2) is 4.79 Å². The van der Waals surface area contributed by atoms with Gasteiger partial charge >= 0.3 is 5.97 Å². The minimum absolute atomic E-state index is 0.391. The standard InChI is InChI=1S/C13H14O3S/c1-15-12-9-11(13(14)16-2)7-6-10(12)5-3-4-8-17/h6-7,9,17H,4,8H2,1-2H3. The summed E-state index contributed by atoms with van der Waals surface area (Å²) in [6.07, 6.45) is 0.713. The number of rotatable bonds is 3. The maximum Gasteiger partial charge on any atom is 0.337 e. The van der Waals surface area contributed by atoms with Gasteiger partial charge in [0.05, 0.1) is 25.3 Å². The van der Waals surface area contributed by atoms with Crippen LogP contribution in [-0.4, -0.2) is 25.9 Å². The van der Waals surface area contributed by atoms with Crippen LogP contribution < -0.4 is 4.74 Å². The number of esters is 1. The second-order valence-corrected chi connectivity index (χ2v) is 3.63. The maximum atomic E-state index is 11.3. The molecule has 1 aromatic carbocycles. The summed E-state index contributed by atoms with van der Waals surface area (Å²) in [6, 6.07) is 5.03. The van der Waals surface area contributed by atoms with Crippen molar-refractivity contribution in [3.05, 3.63) is 29.3 Å². The topological polar surface area (TPSA) is 35.5 Å². The lowest BCUT2D eigenvalue weighted by molar-refractivity contribution is 0.0600. The SMILES string of the molecule is COC(=O)c1ccc(C#CCCS)c(OC)c1. The van der Waals surface area contributed by atoms with E-state index in [1.165, 1.54) is 7.11 Å². The highest BCUT2D eigenvalue weighted by Crippen LogP contribution is 2.19. The largest absolute Gasteiger partial charge is 0.495 e. The van der Waals surface area contributed by atoms with Gasteiger partial charge in [-0.2, -0.15) is 12.6 Å². The van der Waals surface area contributed by atoms with E-state index in [2.05, 4.69) is 29.2 Å². The molecule has 3 nitrogen and oxygen atoms in total. The molecule has 0 atom stereocenters. The molecule has 0 bridgehead atoms. The smallest absolute Gasteiger partial charge is 0.337 e. The molecule has 17 heavy (non-hydrogen) atoms. The molecule has 0 spiro atoms. The summed E-state index contributed by atoms with van der Waals surface area (Å²) >= 11 is 4.08. The number of carbonyl (C=O) groups is 1. The van der Waals surface area contributed by atoms with Crippen molar-refractivity contribution in [2.24, 2.45) is 0 Å². The maximum absolute atomic E-state index is 11.3. The van der Waals surface area contributed by atoms with E-state index in [1.807, 2.05) is 0 Å². The molecule has 0 fully saturated rings. The molecule has 1 rings (SSSR count). The molecule has 1 aromatic rings. The molecule has 0 saturated carbocycles. The van der Waals surface area contributed by atoms with Crippen LogP contribution in [0, 0.1) is 11.8 Å². The Kier molecular flexibility index (Phi) is 5.44. The Morgan fingerprint density at radius 3 is 2.76 bits per heavy atom. The van der Waals surface area contributed by atoms with Gasteiger partial charge in [0.25, 0.3) is 0 Å². The third kappa shape index (κ3) is 3.72. The van der Waals surface area contributed by atoms with Crippen LogP contribution in [0.25, 0.3) is 0 Å². The molecule has 0 aliphatic carbocycles. The highest BCUT2D eigenvalue weighted by Gasteiger charge is 2.08. The second kappa shape index (κ2) is 6.87. The molecule has 0 amide bonds. The van der Waals surface area contributed by atoms with Crippen molar-refractivity contribution in [3.8, 4) is 17.6 Å².